The monoisotopic (exact) mass is 265 g/mol. The third kappa shape index (κ3) is 3.68. The van der Waals surface area contributed by atoms with Gasteiger partial charge in [0, 0.05) is 12.5 Å². The maximum absolute atomic E-state index is 11.8. The van der Waals surface area contributed by atoms with Gasteiger partial charge in [-0.05, 0) is 48.1 Å². The van der Waals surface area contributed by atoms with Crippen molar-refractivity contribution in [3.05, 3.63) is 34.5 Å². The van der Waals surface area contributed by atoms with Gasteiger partial charge in [0.1, 0.15) is 0 Å². The van der Waals surface area contributed by atoms with Crippen LogP contribution in [-0.4, -0.2) is 17.6 Å². The highest BCUT2D eigenvalue weighted by molar-refractivity contribution is 7.07. The minimum absolute atomic E-state index is 0.119. The lowest BCUT2D eigenvalue weighted by Gasteiger charge is -2.17. The number of aliphatic hydroxyl groups excluding tert-OH is 1. The van der Waals surface area contributed by atoms with Gasteiger partial charge in [0.05, 0.1) is 6.10 Å². The van der Waals surface area contributed by atoms with Crippen molar-refractivity contribution in [1.82, 2.24) is 5.32 Å². The Hall–Kier alpha value is -1.13. The number of carbonyl (C=O) groups excluding carboxylic acids is 1. The van der Waals surface area contributed by atoms with Gasteiger partial charge in [-0.15, -0.1) is 0 Å². The van der Waals surface area contributed by atoms with Crippen LogP contribution in [0.15, 0.2) is 29.0 Å². The molecule has 1 aliphatic rings. The van der Waals surface area contributed by atoms with Crippen molar-refractivity contribution in [2.75, 3.05) is 6.54 Å². The van der Waals surface area contributed by atoms with Gasteiger partial charge in [-0.2, -0.15) is 11.3 Å². The zero-order valence-corrected chi connectivity index (χ0v) is 11.2. The van der Waals surface area contributed by atoms with E-state index in [4.69, 9.17) is 0 Å². The van der Waals surface area contributed by atoms with Crippen molar-refractivity contribution < 1.29 is 9.90 Å². The first-order chi connectivity index (χ1) is 8.77. The highest BCUT2D eigenvalue weighted by atomic mass is 32.1. The minimum atomic E-state index is -0.470. The number of carbonyl (C=O) groups is 1. The quantitative estimate of drug-likeness (QED) is 0.804. The molecule has 1 heterocycles. The average Bonchev–Trinajstić information content (AvgIpc) is 2.93. The van der Waals surface area contributed by atoms with E-state index in [9.17, 15) is 9.90 Å². The zero-order valence-electron chi connectivity index (χ0n) is 10.3. The smallest absolute Gasteiger partial charge is 0.223 e. The van der Waals surface area contributed by atoms with E-state index in [1.807, 2.05) is 16.8 Å². The van der Waals surface area contributed by atoms with Gasteiger partial charge in [0.15, 0.2) is 0 Å². The van der Waals surface area contributed by atoms with Gasteiger partial charge >= 0.3 is 0 Å². The first-order valence-electron chi connectivity index (χ1n) is 6.40. The molecule has 1 aromatic rings. The summed E-state index contributed by atoms with van der Waals surface area (Å²) in [4.78, 5) is 11.8. The van der Waals surface area contributed by atoms with Crippen LogP contribution in [0.1, 0.15) is 37.4 Å². The lowest BCUT2D eigenvalue weighted by atomic mass is 9.93. The van der Waals surface area contributed by atoms with Crippen molar-refractivity contribution in [1.29, 1.82) is 0 Å². The third-order valence-electron chi connectivity index (χ3n) is 3.28. The molecule has 0 bridgehead atoms. The summed E-state index contributed by atoms with van der Waals surface area (Å²) in [5.41, 5.74) is 0.940. The van der Waals surface area contributed by atoms with E-state index in [0.717, 1.165) is 24.8 Å². The maximum Gasteiger partial charge on any atom is 0.223 e. The summed E-state index contributed by atoms with van der Waals surface area (Å²) >= 11 is 1.58. The summed E-state index contributed by atoms with van der Waals surface area (Å²) in [5.74, 6) is 0.241. The van der Waals surface area contributed by atoms with E-state index in [1.54, 1.807) is 11.3 Å². The van der Waals surface area contributed by atoms with Gasteiger partial charge in [0.25, 0.3) is 0 Å². The molecule has 0 unspecified atom stereocenters. The first-order valence-corrected chi connectivity index (χ1v) is 7.34. The van der Waals surface area contributed by atoms with E-state index >= 15 is 0 Å². The van der Waals surface area contributed by atoms with Crippen LogP contribution in [0, 0.1) is 5.92 Å². The predicted molar refractivity (Wildman–Crippen MR) is 73.4 cm³/mol. The van der Waals surface area contributed by atoms with E-state index in [0.29, 0.717) is 13.0 Å². The van der Waals surface area contributed by atoms with Gasteiger partial charge in [-0.3, -0.25) is 4.79 Å². The molecule has 0 saturated heterocycles. The Labute approximate surface area is 112 Å². The Morgan fingerprint density at radius 2 is 2.44 bits per heavy atom. The molecule has 2 N–H and O–H groups in total. The largest absolute Gasteiger partial charge is 0.388 e. The molecule has 1 aliphatic carbocycles. The van der Waals surface area contributed by atoms with Crippen LogP contribution in [0.2, 0.25) is 0 Å². The van der Waals surface area contributed by atoms with Gasteiger partial charge < -0.3 is 10.4 Å². The van der Waals surface area contributed by atoms with Crippen LogP contribution in [0.5, 0.6) is 0 Å². The summed E-state index contributed by atoms with van der Waals surface area (Å²) in [5, 5.41) is 16.7. The molecule has 1 amide bonds. The highest BCUT2D eigenvalue weighted by Gasteiger charge is 2.18. The predicted octanol–water partition coefficient (Wildman–Crippen LogP) is 2.64. The lowest BCUT2D eigenvalue weighted by Crippen LogP contribution is -2.32. The molecule has 1 aromatic heterocycles. The number of amides is 1. The van der Waals surface area contributed by atoms with Crippen LogP contribution in [0.3, 0.4) is 0 Å². The topological polar surface area (TPSA) is 49.3 Å². The number of hydrogen-bond acceptors (Lipinski definition) is 3. The third-order valence-corrected chi connectivity index (χ3v) is 3.99. The zero-order chi connectivity index (χ0) is 12.8. The molecule has 2 atom stereocenters. The summed E-state index contributed by atoms with van der Waals surface area (Å²) < 4.78 is 0. The lowest BCUT2D eigenvalue weighted by molar-refractivity contribution is -0.125. The van der Waals surface area contributed by atoms with Crippen molar-refractivity contribution in [2.45, 2.75) is 31.8 Å². The number of rotatable bonds is 5. The van der Waals surface area contributed by atoms with Crippen molar-refractivity contribution in [3.8, 4) is 0 Å². The molecule has 0 radical (unpaired) electrons. The van der Waals surface area contributed by atoms with Gasteiger partial charge in [-0.25, -0.2) is 0 Å². The van der Waals surface area contributed by atoms with Crippen LogP contribution in [0.25, 0.3) is 0 Å². The van der Waals surface area contributed by atoms with Crippen molar-refractivity contribution in [2.24, 2.45) is 5.92 Å². The Morgan fingerprint density at radius 1 is 1.56 bits per heavy atom. The summed E-state index contributed by atoms with van der Waals surface area (Å²) in [6, 6.07) is 1.92. The molecule has 98 valence electrons. The SMILES string of the molecule is O=C(NCC[C@H](O)c1ccsc1)[C@@H]1CC=CCC1. The van der Waals surface area contributed by atoms with Gasteiger partial charge in [-0.1, -0.05) is 12.2 Å². The molecule has 0 saturated carbocycles. The van der Waals surface area contributed by atoms with E-state index in [1.165, 1.54) is 0 Å². The Kier molecular flexibility index (Phi) is 4.96. The molecule has 0 aliphatic heterocycles. The molecule has 0 aromatic carbocycles. The normalized spacial score (nSPS) is 20.6. The minimum Gasteiger partial charge on any atom is -0.388 e. The summed E-state index contributed by atoms with van der Waals surface area (Å²) in [7, 11) is 0. The fraction of sp³-hybridized carbons (Fsp3) is 0.500. The molecule has 3 nitrogen and oxygen atoms in total. The fourth-order valence-corrected chi connectivity index (χ4v) is 2.85. The maximum atomic E-state index is 11.8. The summed E-state index contributed by atoms with van der Waals surface area (Å²) in [6.07, 6.45) is 7.09. The van der Waals surface area contributed by atoms with Crippen LogP contribution < -0.4 is 5.32 Å². The number of hydrogen-bond donors (Lipinski definition) is 2. The highest BCUT2D eigenvalue weighted by Crippen LogP contribution is 2.20. The van der Waals surface area contributed by atoms with Crippen LogP contribution in [-0.2, 0) is 4.79 Å². The van der Waals surface area contributed by atoms with Gasteiger partial charge in [0.2, 0.25) is 5.91 Å². The van der Waals surface area contributed by atoms with Crippen molar-refractivity contribution >= 4 is 17.2 Å². The fourth-order valence-electron chi connectivity index (χ4n) is 2.14. The Morgan fingerprint density at radius 3 is 3.11 bits per heavy atom. The van der Waals surface area contributed by atoms with E-state index in [2.05, 4.69) is 17.5 Å². The molecule has 2 rings (SSSR count). The van der Waals surface area contributed by atoms with Crippen LogP contribution >= 0.6 is 11.3 Å². The van der Waals surface area contributed by atoms with E-state index < -0.39 is 6.10 Å². The standard InChI is InChI=1S/C14H19NO2S/c16-13(12-7-9-18-10-12)6-8-15-14(17)11-4-2-1-3-5-11/h1-2,7,9-11,13,16H,3-6,8H2,(H,15,17)/t11-,13+/m1/s1. The van der Waals surface area contributed by atoms with Crippen molar-refractivity contribution in [3.63, 3.8) is 0 Å². The Bertz CT molecular complexity index is 400. The molecule has 0 fully saturated rings. The average molecular weight is 265 g/mol. The number of nitrogens with one attached hydrogen (secondary N) is 1. The molecule has 0 spiro atoms. The summed E-state index contributed by atoms with van der Waals surface area (Å²) in [6.45, 7) is 0.538. The molecular formula is C14H19NO2S. The van der Waals surface area contributed by atoms with E-state index in [-0.39, 0.29) is 11.8 Å². The molecule has 4 heteroatoms. The Balaban J connectivity index is 1.68. The number of aliphatic hydroxyl groups is 1. The molecular weight excluding hydrogens is 246 g/mol. The number of allylic oxidation sites excluding steroid dienone is 2. The second-order valence-corrected chi connectivity index (χ2v) is 5.41. The first kappa shape index (κ1) is 13.3. The van der Waals surface area contributed by atoms with Crippen LogP contribution in [0.4, 0.5) is 0 Å². The number of thiophene rings is 1. The second kappa shape index (κ2) is 6.71. The second-order valence-electron chi connectivity index (χ2n) is 4.63. The molecule has 18 heavy (non-hydrogen) atoms.